The van der Waals surface area contributed by atoms with Crippen molar-refractivity contribution in [2.24, 2.45) is 0 Å². The van der Waals surface area contributed by atoms with Gasteiger partial charge in [0.05, 0.1) is 22.1 Å². The van der Waals surface area contributed by atoms with E-state index in [2.05, 4.69) is 120 Å². The molecule has 266 valence electrons. The maximum absolute atomic E-state index is 6.48. The van der Waals surface area contributed by atoms with Crippen LogP contribution in [0.3, 0.4) is 0 Å². The Kier molecular flexibility index (Phi) is 6.83. The summed E-state index contributed by atoms with van der Waals surface area (Å²) in [6, 6.07) is 62.7. The monoisotopic (exact) mass is 730 g/mol. The van der Waals surface area contributed by atoms with E-state index in [0.717, 1.165) is 93.6 Å². The first-order chi connectivity index (χ1) is 28.2. The van der Waals surface area contributed by atoms with Crippen molar-refractivity contribution in [3.05, 3.63) is 182 Å². The minimum atomic E-state index is 0.590. The molecule has 6 heteroatoms. The zero-order valence-corrected chi connectivity index (χ0v) is 30.4. The van der Waals surface area contributed by atoms with Crippen molar-refractivity contribution >= 4 is 65.7 Å². The summed E-state index contributed by atoms with van der Waals surface area (Å²) in [5.74, 6) is 1.79. The number of nitrogens with zero attached hydrogens (tertiary/aromatic N) is 4. The summed E-state index contributed by atoms with van der Waals surface area (Å²) in [6.07, 6.45) is 0. The van der Waals surface area contributed by atoms with Crippen LogP contribution in [0.4, 0.5) is 0 Å². The van der Waals surface area contributed by atoms with Gasteiger partial charge in [0.1, 0.15) is 22.3 Å². The van der Waals surface area contributed by atoms with E-state index in [9.17, 15) is 0 Å². The van der Waals surface area contributed by atoms with Crippen LogP contribution >= 0.6 is 0 Å². The van der Waals surface area contributed by atoms with Crippen molar-refractivity contribution < 1.29 is 8.83 Å². The van der Waals surface area contributed by atoms with Gasteiger partial charge in [-0.05, 0) is 71.8 Å². The summed E-state index contributed by atoms with van der Waals surface area (Å²) in [5.41, 5.74) is 11.6. The second kappa shape index (κ2) is 12.3. The normalized spacial score (nSPS) is 11.9. The molecule has 0 saturated carbocycles. The highest BCUT2D eigenvalue weighted by atomic mass is 16.3. The lowest BCUT2D eigenvalue weighted by atomic mass is 10.0. The average molecular weight is 731 g/mol. The van der Waals surface area contributed by atoms with E-state index in [1.807, 2.05) is 66.7 Å². The number of hydrogen-bond acceptors (Lipinski definition) is 5. The number of para-hydroxylation sites is 2. The van der Waals surface area contributed by atoms with Crippen LogP contribution in [0.15, 0.2) is 191 Å². The largest absolute Gasteiger partial charge is 0.456 e. The molecule has 0 fully saturated rings. The fraction of sp³-hybridized carbons (Fsp3) is 0. The van der Waals surface area contributed by atoms with E-state index in [4.69, 9.17) is 23.8 Å². The smallest absolute Gasteiger partial charge is 0.164 e. The van der Waals surface area contributed by atoms with Gasteiger partial charge in [-0.25, -0.2) is 15.0 Å². The highest BCUT2D eigenvalue weighted by molar-refractivity contribution is 6.16. The number of fused-ring (bicyclic) bond motifs is 9. The quantitative estimate of drug-likeness (QED) is 0.176. The second-order valence-corrected chi connectivity index (χ2v) is 14.4. The number of hydrogen-bond donors (Lipinski definition) is 0. The molecule has 0 aliphatic heterocycles. The number of furan rings is 2. The van der Waals surface area contributed by atoms with Gasteiger partial charge in [0, 0.05) is 43.6 Å². The maximum Gasteiger partial charge on any atom is 0.164 e. The molecule has 12 aromatic rings. The van der Waals surface area contributed by atoms with Gasteiger partial charge < -0.3 is 13.4 Å². The van der Waals surface area contributed by atoms with Gasteiger partial charge in [0.15, 0.2) is 17.5 Å². The summed E-state index contributed by atoms with van der Waals surface area (Å²) in [6.45, 7) is 0. The van der Waals surface area contributed by atoms with Crippen LogP contribution in [0, 0.1) is 0 Å². The highest BCUT2D eigenvalue weighted by Gasteiger charge is 2.21. The minimum Gasteiger partial charge on any atom is -0.456 e. The molecular formula is C51H30N4O2. The molecule has 0 unspecified atom stereocenters. The third-order valence-electron chi connectivity index (χ3n) is 11.1. The van der Waals surface area contributed by atoms with Crippen molar-refractivity contribution in [2.45, 2.75) is 0 Å². The Hall–Kier alpha value is -7.83. The highest BCUT2D eigenvalue weighted by Crippen LogP contribution is 2.41. The summed E-state index contributed by atoms with van der Waals surface area (Å²) in [4.78, 5) is 15.4. The van der Waals surface area contributed by atoms with Crippen molar-refractivity contribution in [3.8, 4) is 51.0 Å². The SMILES string of the molecule is c1ccc(-c2ccc3oc4cccc(-n5c6ccccc6c6cc(-c7nc(-c8ccccc8)nc(-c8cccc9oc%10ccccc%10c89)n7)ccc65)c4c3c2)cc1. The van der Waals surface area contributed by atoms with E-state index in [1.54, 1.807) is 0 Å². The van der Waals surface area contributed by atoms with E-state index in [-0.39, 0.29) is 0 Å². The molecule has 0 aliphatic rings. The van der Waals surface area contributed by atoms with Crippen molar-refractivity contribution in [2.75, 3.05) is 0 Å². The Morgan fingerprint density at radius 3 is 1.74 bits per heavy atom. The maximum atomic E-state index is 6.48. The Labute approximate surface area is 325 Å². The van der Waals surface area contributed by atoms with Gasteiger partial charge in [0.2, 0.25) is 0 Å². The fourth-order valence-corrected chi connectivity index (χ4v) is 8.48. The first kappa shape index (κ1) is 31.5. The van der Waals surface area contributed by atoms with Crippen LogP contribution in [0.5, 0.6) is 0 Å². The Bertz CT molecular complexity index is 3530. The molecule has 0 atom stereocenters. The lowest BCUT2D eigenvalue weighted by Gasteiger charge is -2.11. The Balaban J connectivity index is 1.08. The molecule has 0 bridgehead atoms. The van der Waals surface area contributed by atoms with Gasteiger partial charge in [-0.15, -0.1) is 0 Å². The van der Waals surface area contributed by atoms with E-state index in [0.29, 0.717) is 17.5 Å². The van der Waals surface area contributed by atoms with Gasteiger partial charge in [-0.1, -0.05) is 121 Å². The zero-order valence-electron chi connectivity index (χ0n) is 30.4. The summed E-state index contributed by atoms with van der Waals surface area (Å²) >= 11 is 0. The van der Waals surface area contributed by atoms with E-state index in [1.165, 1.54) is 5.56 Å². The first-order valence-corrected chi connectivity index (χ1v) is 19.0. The molecule has 57 heavy (non-hydrogen) atoms. The van der Waals surface area contributed by atoms with Crippen LogP contribution in [-0.4, -0.2) is 19.5 Å². The number of aromatic nitrogens is 4. The molecule has 4 aromatic heterocycles. The molecule has 4 heterocycles. The predicted molar refractivity (Wildman–Crippen MR) is 230 cm³/mol. The summed E-state index contributed by atoms with van der Waals surface area (Å²) < 4.78 is 15.1. The fourth-order valence-electron chi connectivity index (χ4n) is 8.48. The molecular weight excluding hydrogens is 701 g/mol. The van der Waals surface area contributed by atoms with Crippen molar-refractivity contribution in [1.29, 1.82) is 0 Å². The van der Waals surface area contributed by atoms with Gasteiger partial charge >= 0.3 is 0 Å². The molecule has 8 aromatic carbocycles. The van der Waals surface area contributed by atoms with Gasteiger partial charge in [-0.2, -0.15) is 0 Å². The molecule has 0 saturated heterocycles. The van der Waals surface area contributed by atoms with Crippen LogP contribution in [0.25, 0.3) is 117 Å². The topological polar surface area (TPSA) is 69.9 Å². The van der Waals surface area contributed by atoms with Gasteiger partial charge in [-0.3, -0.25) is 0 Å². The molecule has 0 spiro atoms. The molecule has 12 rings (SSSR count). The first-order valence-electron chi connectivity index (χ1n) is 19.0. The molecule has 0 N–H and O–H groups in total. The number of rotatable bonds is 5. The van der Waals surface area contributed by atoms with Crippen LogP contribution < -0.4 is 0 Å². The van der Waals surface area contributed by atoms with Crippen LogP contribution in [0.2, 0.25) is 0 Å². The minimum absolute atomic E-state index is 0.590. The molecule has 0 amide bonds. The van der Waals surface area contributed by atoms with Crippen molar-refractivity contribution in [1.82, 2.24) is 19.5 Å². The second-order valence-electron chi connectivity index (χ2n) is 14.4. The lowest BCUT2D eigenvalue weighted by molar-refractivity contribution is 0.668. The third kappa shape index (κ3) is 4.94. The summed E-state index contributed by atoms with van der Waals surface area (Å²) in [7, 11) is 0. The Morgan fingerprint density at radius 1 is 0.333 bits per heavy atom. The third-order valence-corrected chi connectivity index (χ3v) is 11.1. The summed E-state index contributed by atoms with van der Waals surface area (Å²) in [5, 5.41) is 6.40. The molecule has 0 aliphatic carbocycles. The van der Waals surface area contributed by atoms with Crippen molar-refractivity contribution in [3.63, 3.8) is 0 Å². The van der Waals surface area contributed by atoms with Crippen LogP contribution in [-0.2, 0) is 0 Å². The predicted octanol–water partition coefficient (Wildman–Crippen LogP) is 13.4. The molecule has 6 nitrogen and oxygen atoms in total. The number of benzene rings is 8. The van der Waals surface area contributed by atoms with E-state index < -0.39 is 0 Å². The Morgan fingerprint density at radius 2 is 0.912 bits per heavy atom. The average Bonchev–Trinajstić information content (AvgIpc) is 3.96. The van der Waals surface area contributed by atoms with E-state index >= 15 is 0 Å². The molecule has 0 radical (unpaired) electrons. The lowest BCUT2D eigenvalue weighted by Crippen LogP contribution is -2.00. The standard InChI is InChI=1S/C51H30N4O2/c1-3-13-31(14-4-1)33-26-28-44-39(29-33)48-42(21-12-24-46(48)57-44)55-40-20-9-7-17-35(40)38-30-34(25-27-41(38)55)50-52-49(32-15-5-2-6-16-32)53-51(54-50)37-19-11-23-45-47(37)36-18-8-10-22-43(36)56-45/h1-30H. The van der Waals surface area contributed by atoms with Gasteiger partial charge in [0.25, 0.3) is 0 Å². The zero-order chi connectivity index (χ0) is 37.5. The van der Waals surface area contributed by atoms with Crippen LogP contribution in [0.1, 0.15) is 0 Å².